The van der Waals surface area contributed by atoms with Gasteiger partial charge in [-0.05, 0) is 46.6 Å². The normalized spacial score (nSPS) is 16.8. The smallest absolute Gasteiger partial charge is 0.136 e. The lowest BCUT2D eigenvalue weighted by atomic mass is 9.88. The second-order valence-corrected chi connectivity index (χ2v) is 8.19. The van der Waals surface area contributed by atoms with Gasteiger partial charge in [-0.3, -0.25) is 0 Å². The van der Waals surface area contributed by atoms with Crippen LogP contribution in [0.5, 0.6) is 0 Å². The van der Waals surface area contributed by atoms with Gasteiger partial charge in [0.2, 0.25) is 0 Å². The number of hydrogen-bond donors (Lipinski definition) is 2. The highest BCUT2D eigenvalue weighted by Gasteiger charge is 2.38. The van der Waals surface area contributed by atoms with Crippen LogP contribution in [-0.2, 0) is 16.9 Å². The summed E-state index contributed by atoms with van der Waals surface area (Å²) in [5.74, 6) is -0.318. The molecule has 0 aliphatic rings. The van der Waals surface area contributed by atoms with Gasteiger partial charge in [0.1, 0.15) is 10.6 Å². The minimum absolute atomic E-state index is 0.113. The molecule has 114 valence electrons. The van der Waals surface area contributed by atoms with Gasteiger partial charge < -0.3 is 9.66 Å². The van der Waals surface area contributed by atoms with Crippen LogP contribution in [0.2, 0.25) is 0 Å². The van der Waals surface area contributed by atoms with Gasteiger partial charge in [0, 0.05) is 23.5 Å². The summed E-state index contributed by atoms with van der Waals surface area (Å²) in [5.41, 5.74) is 0.0994. The third-order valence-corrected chi connectivity index (χ3v) is 5.02. The van der Waals surface area contributed by atoms with E-state index in [9.17, 15) is 14.0 Å². The lowest BCUT2D eigenvalue weighted by Gasteiger charge is -2.35. The van der Waals surface area contributed by atoms with Gasteiger partial charge in [-0.15, -0.1) is 4.72 Å². The molecule has 1 rings (SSSR count). The van der Waals surface area contributed by atoms with Crippen LogP contribution in [0.1, 0.15) is 45.2 Å². The molecule has 1 aromatic carbocycles. The molecule has 0 saturated heterocycles. The number of nitrogens with one attached hydrogen (secondary N) is 1. The molecule has 3 nitrogen and oxygen atoms in total. The van der Waals surface area contributed by atoms with E-state index in [4.69, 9.17) is 0 Å². The predicted octanol–water partition coefficient (Wildman–Crippen LogP) is 2.78. The zero-order chi connectivity index (χ0) is 15.6. The van der Waals surface area contributed by atoms with Crippen molar-refractivity contribution in [1.82, 2.24) is 4.72 Å². The maximum atomic E-state index is 14.3. The zero-order valence-corrected chi connectivity index (χ0v) is 13.6. The first-order valence-electron chi connectivity index (χ1n) is 6.68. The van der Waals surface area contributed by atoms with E-state index in [1.54, 1.807) is 32.0 Å². The molecule has 0 amide bonds. The largest absolute Gasteiger partial charge is 0.598 e. The molecule has 0 radical (unpaired) electrons. The lowest BCUT2D eigenvalue weighted by Crippen LogP contribution is -2.50. The molecule has 2 atom stereocenters. The van der Waals surface area contributed by atoms with E-state index in [0.29, 0.717) is 11.1 Å². The number of aryl methyl sites for hydroxylation is 1. The van der Waals surface area contributed by atoms with Crippen molar-refractivity contribution in [3.8, 4) is 0 Å². The SMILES string of the molecule is Cc1cccc([C@](C)(CCO)N[S@+]([O-])C(C)(C)C)c1F. The summed E-state index contributed by atoms with van der Waals surface area (Å²) in [5, 5.41) is 9.28. The summed E-state index contributed by atoms with van der Waals surface area (Å²) in [6.45, 7) is 8.90. The first kappa shape index (κ1) is 17.4. The molecule has 0 aliphatic carbocycles. The number of aliphatic hydroxyl groups excluding tert-OH is 1. The Morgan fingerprint density at radius 3 is 2.40 bits per heavy atom. The van der Waals surface area contributed by atoms with E-state index in [1.165, 1.54) is 0 Å². The van der Waals surface area contributed by atoms with Gasteiger partial charge in [0.25, 0.3) is 0 Å². The molecular weight excluding hydrogens is 277 g/mol. The van der Waals surface area contributed by atoms with Crippen molar-refractivity contribution in [3.63, 3.8) is 0 Å². The van der Waals surface area contributed by atoms with E-state index in [-0.39, 0.29) is 18.8 Å². The van der Waals surface area contributed by atoms with Crippen LogP contribution in [0.3, 0.4) is 0 Å². The molecule has 0 unspecified atom stereocenters. The summed E-state index contributed by atoms with van der Waals surface area (Å²) in [7, 11) is 0. The topological polar surface area (TPSA) is 55.3 Å². The van der Waals surface area contributed by atoms with Crippen molar-refractivity contribution in [2.75, 3.05) is 6.61 Å². The summed E-state index contributed by atoms with van der Waals surface area (Å²) in [4.78, 5) is 0. The van der Waals surface area contributed by atoms with E-state index >= 15 is 0 Å². The van der Waals surface area contributed by atoms with Gasteiger partial charge in [0.15, 0.2) is 0 Å². The standard InChI is InChI=1S/C15H24FNO2S/c1-11-7-6-8-12(13(11)16)15(5,9-10-18)17-20(19)14(2,3)4/h6-8,17-18H,9-10H2,1-5H3/t15-,20+/m0/s1. The van der Waals surface area contributed by atoms with E-state index < -0.39 is 21.6 Å². The fourth-order valence-corrected chi connectivity index (χ4v) is 2.82. The molecule has 2 N–H and O–H groups in total. The number of rotatable bonds is 5. The second kappa shape index (κ2) is 6.43. The van der Waals surface area contributed by atoms with Crippen molar-refractivity contribution in [3.05, 3.63) is 35.1 Å². The molecule has 0 heterocycles. The van der Waals surface area contributed by atoms with Crippen molar-refractivity contribution in [2.24, 2.45) is 0 Å². The zero-order valence-electron chi connectivity index (χ0n) is 12.8. The minimum Gasteiger partial charge on any atom is -0.598 e. The third-order valence-electron chi connectivity index (χ3n) is 3.27. The van der Waals surface area contributed by atoms with Crippen molar-refractivity contribution in [2.45, 2.75) is 51.3 Å². The quantitative estimate of drug-likeness (QED) is 0.822. The molecule has 0 aromatic heterocycles. The fourth-order valence-electron chi connectivity index (χ4n) is 1.90. The highest BCUT2D eigenvalue weighted by Crippen LogP contribution is 2.31. The van der Waals surface area contributed by atoms with Crippen LogP contribution in [0.4, 0.5) is 4.39 Å². The van der Waals surface area contributed by atoms with Crippen molar-refractivity contribution < 1.29 is 14.0 Å². The minimum atomic E-state index is -1.35. The molecule has 0 saturated carbocycles. The Labute approximate surface area is 123 Å². The first-order chi connectivity index (χ1) is 9.12. The molecule has 0 spiro atoms. The second-order valence-electron chi connectivity index (χ2n) is 6.23. The van der Waals surface area contributed by atoms with Gasteiger partial charge in [-0.25, -0.2) is 4.39 Å². The van der Waals surface area contributed by atoms with Crippen LogP contribution in [0.25, 0.3) is 0 Å². The molecule has 20 heavy (non-hydrogen) atoms. The Morgan fingerprint density at radius 2 is 1.90 bits per heavy atom. The summed E-state index contributed by atoms with van der Waals surface area (Å²) in [6, 6.07) is 5.13. The molecule has 0 aliphatic heterocycles. The van der Waals surface area contributed by atoms with Crippen LogP contribution in [0.15, 0.2) is 18.2 Å². The van der Waals surface area contributed by atoms with E-state index in [2.05, 4.69) is 4.72 Å². The van der Waals surface area contributed by atoms with Gasteiger partial charge in [0.05, 0.1) is 5.54 Å². The maximum Gasteiger partial charge on any atom is 0.136 e. The Balaban J connectivity index is 3.18. The summed E-state index contributed by atoms with van der Waals surface area (Å²) >= 11 is -1.35. The Hall–Kier alpha value is -0.620. The average molecular weight is 301 g/mol. The molecule has 1 aromatic rings. The maximum absolute atomic E-state index is 14.3. The molecule has 5 heteroatoms. The summed E-state index contributed by atoms with van der Waals surface area (Å²) < 4.78 is 29.2. The Morgan fingerprint density at radius 1 is 1.30 bits per heavy atom. The average Bonchev–Trinajstić information content (AvgIpc) is 2.31. The number of hydrogen-bond acceptors (Lipinski definition) is 3. The highest BCUT2D eigenvalue weighted by molar-refractivity contribution is 7.90. The Bertz CT molecular complexity index is 462. The van der Waals surface area contributed by atoms with E-state index in [0.717, 1.165) is 0 Å². The fraction of sp³-hybridized carbons (Fsp3) is 0.600. The van der Waals surface area contributed by atoms with Crippen molar-refractivity contribution in [1.29, 1.82) is 0 Å². The molecular formula is C15H24FNO2S. The molecule has 0 bridgehead atoms. The first-order valence-corrected chi connectivity index (χ1v) is 7.83. The summed E-state index contributed by atoms with van der Waals surface area (Å²) in [6.07, 6.45) is 0.287. The third kappa shape index (κ3) is 3.95. The molecule has 0 fully saturated rings. The van der Waals surface area contributed by atoms with Crippen LogP contribution >= 0.6 is 0 Å². The van der Waals surface area contributed by atoms with Gasteiger partial charge in [-0.2, -0.15) is 0 Å². The van der Waals surface area contributed by atoms with Gasteiger partial charge >= 0.3 is 0 Å². The highest BCUT2D eigenvalue weighted by atomic mass is 32.2. The van der Waals surface area contributed by atoms with Gasteiger partial charge in [-0.1, -0.05) is 18.2 Å². The monoisotopic (exact) mass is 301 g/mol. The number of aliphatic hydroxyl groups is 1. The number of benzene rings is 1. The predicted molar refractivity (Wildman–Crippen MR) is 81.2 cm³/mol. The van der Waals surface area contributed by atoms with E-state index in [1.807, 2.05) is 20.8 Å². The van der Waals surface area contributed by atoms with Crippen LogP contribution in [0, 0.1) is 12.7 Å². The van der Waals surface area contributed by atoms with Crippen LogP contribution in [-0.4, -0.2) is 21.0 Å². The van der Waals surface area contributed by atoms with Crippen molar-refractivity contribution >= 4 is 11.4 Å². The van der Waals surface area contributed by atoms with Crippen LogP contribution < -0.4 is 4.72 Å². The lowest BCUT2D eigenvalue weighted by molar-refractivity contribution is 0.234. The Kier molecular flexibility index (Phi) is 5.61. The number of halogens is 1.